The van der Waals surface area contributed by atoms with Crippen LogP contribution in [-0.2, 0) is 10.8 Å². The smallest absolute Gasteiger partial charge is 0.160 e. The van der Waals surface area contributed by atoms with Gasteiger partial charge in [0.25, 0.3) is 0 Å². The van der Waals surface area contributed by atoms with Crippen molar-refractivity contribution in [1.82, 2.24) is 29.9 Å². The van der Waals surface area contributed by atoms with E-state index in [1.807, 2.05) is 47.8 Å². The average Bonchev–Trinajstić information content (AvgIpc) is 1.50. The van der Waals surface area contributed by atoms with Crippen LogP contribution in [0.3, 0.4) is 0 Å². The highest BCUT2D eigenvalue weighted by Crippen LogP contribution is 2.65. The van der Waals surface area contributed by atoms with E-state index >= 15 is 0 Å². The molecule has 21 aromatic rings. The van der Waals surface area contributed by atoms with E-state index in [1.165, 1.54) is 91.7 Å². The second-order valence-corrected chi connectivity index (χ2v) is 33.9. The third kappa shape index (κ3) is 10.4. The van der Waals surface area contributed by atoms with Crippen molar-refractivity contribution in [1.29, 1.82) is 0 Å². The molecule has 556 valence electrons. The van der Waals surface area contributed by atoms with E-state index in [4.69, 9.17) is 29.9 Å². The monoisotopic (exact) mass is 1560 g/mol. The number of hydrogen-bond acceptors (Lipinski definition) is 8. The number of rotatable bonds is 9. The molecule has 0 atom stereocenters. The second kappa shape index (κ2) is 26.9. The third-order valence-corrected chi connectivity index (χ3v) is 27.6. The summed E-state index contributed by atoms with van der Waals surface area (Å²) in [6.07, 6.45) is 0. The van der Waals surface area contributed by atoms with Gasteiger partial charge in [0.1, 0.15) is 0 Å². The standard InChI is InChI=1S/C112H66N6S2/c1-4-25-69(26-5-1)99-66-100(118-110(117-99)73-29-8-3-9-30-73)76-31-24-32-77(59-76)107-87-65-105-95(63-85(87)83-38-15-22-45-97(83)114-107)112(90-41-18-12-35-80(90)81-36-13-19-42-91(81)112)93-57-55-75(61-103(93)120-105)68-49-53-72(54-50-68)109-108(70-27-6-2-7-28-70)116-101-60-74(56-58-98(101)115-109)67-47-51-71(52-48-67)106-86-64-104-94(62-84(86)82-37-14-21-44-96(82)113-106)111(92-43-20-23-46-102(92)119-104)88-39-16-10-33-78(88)79-34-11-17-40-89(79)111/h1-66H. The zero-order chi connectivity index (χ0) is 78.7. The summed E-state index contributed by atoms with van der Waals surface area (Å²) in [6, 6.07) is 146. The normalized spacial score (nSPS) is 13.4. The molecule has 2 aliphatic heterocycles. The number of fused-ring (bicyclic) bond motifs is 25. The lowest BCUT2D eigenvalue weighted by molar-refractivity contribution is 0.724. The van der Waals surface area contributed by atoms with E-state index in [-0.39, 0.29) is 0 Å². The van der Waals surface area contributed by atoms with Crippen LogP contribution in [0.5, 0.6) is 0 Å². The molecule has 0 radical (unpaired) electrons. The van der Waals surface area contributed by atoms with Crippen molar-refractivity contribution < 1.29 is 0 Å². The number of para-hydroxylation sites is 2. The van der Waals surface area contributed by atoms with Gasteiger partial charge >= 0.3 is 0 Å². The predicted molar refractivity (Wildman–Crippen MR) is 493 cm³/mol. The molecule has 6 nitrogen and oxygen atoms in total. The van der Waals surface area contributed by atoms with Crippen LogP contribution in [0, 0.1) is 0 Å². The molecule has 4 aliphatic rings. The lowest BCUT2D eigenvalue weighted by Crippen LogP contribution is -2.32. The zero-order valence-electron chi connectivity index (χ0n) is 64.6. The van der Waals surface area contributed by atoms with Gasteiger partial charge in [0, 0.05) is 80.1 Å². The van der Waals surface area contributed by atoms with Gasteiger partial charge in [0.2, 0.25) is 0 Å². The maximum absolute atomic E-state index is 5.62. The highest BCUT2D eigenvalue weighted by Gasteiger charge is 2.52. The largest absolute Gasteiger partial charge is 0.247 e. The van der Waals surface area contributed by atoms with E-state index < -0.39 is 10.8 Å². The Morgan fingerprint density at radius 1 is 0.167 bits per heavy atom. The van der Waals surface area contributed by atoms with Gasteiger partial charge in [-0.15, -0.1) is 0 Å². The minimum atomic E-state index is -0.636. The van der Waals surface area contributed by atoms with Crippen LogP contribution in [0.2, 0.25) is 0 Å². The molecule has 6 heterocycles. The van der Waals surface area contributed by atoms with Crippen LogP contribution in [0.15, 0.2) is 420 Å². The Morgan fingerprint density at radius 3 is 1.11 bits per heavy atom. The van der Waals surface area contributed by atoms with Gasteiger partial charge in [-0.25, -0.2) is 29.9 Å². The third-order valence-electron chi connectivity index (χ3n) is 25.4. The van der Waals surface area contributed by atoms with Crippen LogP contribution in [0.25, 0.3) is 178 Å². The summed E-state index contributed by atoms with van der Waals surface area (Å²) in [6.45, 7) is 0. The number of aromatic nitrogens is 6. The second-order valence-electron chi connectivity index (χ2n) is 31.8. The molecule has 25 rings (SSSR count). The summed E-state index contributed by atoms with van der Waals surface area (Å²) in [4.78, 5) is 37.6. The first-order chi connectivity index (χ1) is 59.4. The van der Waals surface area contributed by atoms with E-state index in [1.54, 1.807) is 0 Å². The van der Waals surface area contributed by atoms with Crippen molar-refractivity contribution in [2.24, 2.45) is 0 Å². The van der Waals surface area contributed by atoms with E-state index in [0.29, 0.717) is 5.82 Å². The molecule has 0 saturated heterocycles. The molecule has 8 heteroatoms. The van der Waals surface area contributed by atoms with Gasteiger partial charge in [0.05, 0.1) is 67.1 Å². The van der Waals surface area contributed by atoms with Crippen molar-refractivity contribution in [2.75, 3.05) is 0 Å². The SMILES string of the molecule is c1ccc(-c2cc(-c3cccc(-c4nc5ccccc5c5cc6c(cc45)Sc4cc(-c5ccc(-c7nc8ccc(-c9ccc(-c%10nc%11ccccc%11c%11cc%12c(cc%10%11)Sc%10ccccc%10C%12%10c%11ccccc%11-c%11ccccc%11%10)cc9)cc8nc7-c7ccccc7)cc5)ccc4C64c5ccccc5-c5ccccc54)c3)nc(-c3ccccc3)n2)cc1. The van der Waals surface area contributed by atoms with Crippen LogP contribution in [0.4, 0.5) is 0 Å². The topological polar surface area (TPSA) is 77.3 Å². The number of nitrogens with zero attached hydrogens (tertiary/aromatic N) is 6. The van der Waals surface area contributed by atoms with Crippen LogP contribution in [-0.4, -0.2) is 29.9 Å². The summed E-state index contributed by atoms with van der Waals surface area (Å²) in [5, 5.41) is 6.83. The van der Waals surface area contributed by atoms with Gasteiger partial charge in [-0.2, -0.15) is 0 Å². The zero-order valence-corrected chi connectivity index (χ0v) is 66.2. The molecule has 2 spiro atoms. The molecule has 0 saturated carbocycles. The Labute approximate surface area is 701 Å². The fourth-order valence-corrected chi connectivity index (χ4v) is 22.5. The first kappa shape index (κ1) is 68.4. The molecule has 120 heavy (non-hydrogen) atoms. The Bertz CT molecular complexity index is 7760. The van der Waals surface area contributed by atoms with E-state index in [9.17, 15) is 0 Å². The van der Waals surface area contributed by atoms with Gasteiger partial charge in [0.15, 0.2) is 5.82 Å². The van der Waals surface area contributed by atoms with Gasteiger partial charge in [-0.05, 0) is 173 Å². The van der Waals surface area contributed by atoms with E-state index in [0.717, 1.165) is 144 Å². The molecular weight excluding hydrogens is 1490 g/mol. The molecule has 4 aromatic heterocycles. The summed E-state index contributed by atoms with van der Waals surface area (Å²) in [5.74, 6) is 0.676. The molecule has 17 aromatic carbocycles. The highest BCUT2D eigenvalue weighted by molar-refractivity contribution is 7.99. The van der Waals surface area contributed by atoms with Crippen LogP contribution in [0.1, 0.15) is 44.5 Å². The summed E-state index contributed by atoms with van der Waals surface area (Å²) < 4.78 is 0. The lowest BCUT2D eigenvalue weighted by atomic mass is 9.67. The summed E-state index contributed by atoms with van der Waals surface area (Å²) in [7, 11) is 0. The lowest BCUT2D eigenvalue weighted by Gasteiger charge is -2.40. The van der Waals surface area contributed by atoms with Crippen molar-refractivity contribution in [3.8, 4) is 123 Å². The Kier molecular flexibility index (Phi) is 15.3. The molecule has 0 unspecified atom stereocenters. The van der Waals surface area contributed by atoms with Crippen LogP contribution >= 0.6 is 23.5 Å². The van der Waals surface area contributed by atoms with E-state index in [2.05, 4.69) is 376 Å². The number of pyridine rings is 2. The Balaban J connectivity index is 0.572. The van der Waals surface area contributed by atoms with Gasteiger partial charge in [-0.3, -0.25) is 0 Å². The van der Waals surface area contributed by atoms with Crippen molar-refractivity contribution in [2.45, 2.75) is 30.4 Å². The molecular formula is C112H66N6S2. The van der Waals surface area contributed by atoms with Crippen molar-refractivity contribution >= 4 is 77.9 Å². The summed E-state index contributed by atoms with van der Waals surface area (Å²) in [5.41, 5.74) is 34.6. The molecule has 0 amide bonds. The minimum Gasteiger partial charge on any atom is -0.247 e. The number of hydrogen-bond donors (Lipinski definition) is 0. The minimum absolute atomic E-state index is 0.488. The Morgan fingerprint density at radius 2 is 0.542 bits per heavy atom. The van der Waals surface area contributed by atoms with Gasteiger partial charge < -0.3 is 0 Å². The first-order valence-corrected chi connectivity index (χ1v) is 42.5. The van der Waals surface area contributed by atoms with Gasteiger partial charge in [-0.1, -0.05) is 351 Å². The Hall–Kier alpha value is -14.8. The first-order valence-electron chi connectivity index (χ1n) is 40.9. The molecule has 0 bridgehead atoms. The molecule has 0 fully saturated rings. The van der Waals surface area contributed by atoms with Crippen molar-refractivity contribution in [3.63, 3.8) is 0 Å². The maximum Gasteiger partial charge on any atom is 0.160 e. The molecule has 2 aliphatic carbocycles. The quantitative estimate of drug-likeness (QED) is 0.132. The summed E-state index contributed by atoms with van der Waals surface area (Å²) >= 11 is 3.73. The van der Waals surface area contributed by atoms with Crippen molar-refractivity contribution in [3.05, 3.63) is 445 Å². The predicted octanol–water partition coefficient (Wildman–Crippen LogP) is 28.5. The average molecular weight is 1560 g/mol. The fraction of sp³-hybridized carbons (Fsp3) is 0.0179. The molecule has 0 N–H and O–H groups in total. The fourth-order valence-electron chi connectivity index (χ4n) is 20.0. The van der Waals surface area contributed by atoms with Crippen LogP contribution < -0.4 is 0 Å². The highest BCUT2D eigenvalue weighted by atomic mass is 32.2. The maximum atomic E-state index is 5.62. The number of benzene rings is 17.